The molecule has 17 heavy (non-hydrogen) atoms. The number of nitrogens with zero attached hydrogens (tertiary/aromatic N) is 2. The molecule has 0 saturated carbocycles. The van der Waals surface area contributed by atoms with Gasteiger partial charge in [0.2, 0.25) is 5.28 Å². The standard InChI is InChI=1S/C11H11ClN2O3/c1-2-17-10(16)9-7-5-6(15)3-4-8(7)13-11(12)14-9/h2-5H2,1H3. The molecule has 0 unspecified atom stereocenters. The van der Waals surface area contributed by atoms with E-state index in [0.29, 0.717) is 24.1 Å². The predicted molar refractivity (Wildman–Crippen MR) is 60.0 cm³/mol. The van der Waals surface area contributed by atoms with Crippen molar-refractivity contribution in [3.8, 4) is 0 Å². The largest absolute Gasteiger partial charge is 0.461 e. The summed E-state index contributed by atoms with van der Waals surface area (Å²) < 4.78 is 4.89. The number of aromatic nitrogens is 2. The molecule has 0 bridgehead atoms. The van der Waals surface area contributed by atoms with Crippen molar-refractivity contribution in [2.75, 3.05) is 6.61 Å². The van der Waals surface area contributed by atoms with Gasteiger partial charge < -0.3 is 4.74 Å². The summed E-state index contributed by atoms with van der Waals surface area (Å²) in [5, 5.41) is 0.0150. The van der Waals surface area contributed by atoms with Gasteiger partial charge in [0.05, 0.1) is 12.3 Å². The molecule has 0 saturated heterocycles. The van der Waals surface area contributed by atoms with Gasteiger partial charge in [-0.05, 0) is 24.9 Å². The van der Waals surface area contributed by atoms with Gasteiger partial charge in [-0.15, -0.1) is 0 Å². The first-order chi connectivity index (χ1) is 8.11. The van der Waals surface area contributed by atoms with Gasteiger partial charge in [0.15, 0.2) is 5.69 Å². The lowest BCUT2D eigenvalue weighted by molar-refractivity contribution is -0.118. The Morgan fingerprint density at radius 3 is 2.88 bits per heavy atom. The summed E-state index contributed by atoms with van der Waals surface area (Å²) in [7, 11) is 0. The number of esters is 1. The number of rotatable bonds is 2. The van der Waals surface area contributed by atoms with Gasteiger partial charge in [-0.1, -0.05) is 0 Å². The van der Waals surface area contributed by atoms with Crippen molar-refractivity contribution in [3.05, 3.63) is 22.2 Å². The van der Waals surface area contributed by atoms with E-state index in [1.807, 2.05) is 0 Å². The molecule has 1 aromatic rings. The maximum Gasteiger partial charge on any atom is 0.357 e. The van der Waals surface area contributed by atoms with Gasteiger partial charge in [0.25, 0.3) is 0 Å². The highest BCUT2D eigenvalue weighted by molar-refractivity contribution is 6.28. The van der Waals surface area contributed by atoms with Crippen molar-refractivity contribution in [3.63, 3.8) is 0 Å². The molecule has 6 heteroatoms. The molecule has 0 aromatic carbocycles. The SMILES string of the molecule is CCOC(=O)c1nc(Cl)nc2c1CC(=O)CC2. The fourth-order valence-corrected chi connectivity index (χ4v) is 1.99. The molecule has 0 atom stereocenters. The summed E-state index contributed by atoms with van der Waals surface area (Å²) in [6.45, 7) is 1.96. The van der Waals surface area contributed by atoms with Crippen molar-refractivity contribution in [1.29, 1.82) is 0 Å². The van der Waals surface area contributed by atoms with Crippen LogP contribution in [0.25, 0.3) is 0 Å². The number of halogens is 1. The van der Waals surface area contributed by atoms with Crippen LogP contribution >= 0.6 is 11.6 Å². The molecule has 0 N–H and O–H groups in total. The topological polar surface area (TPSA) is 69.2 Å². The van der Waals surface area contributed by atoms with Crippen molar-refractivity contribution < 1.29 is 14.3 Å². The van der Waals surface area contributed by atoms with Crippen LogP contribution in [0.2, 0.25) is 5.28 Å². The number of carbonyl (C=O) groups is 2. The first-order valence-electron chi connectivity index (χ1n) is 5.36. The zero-order valence-electron chi connectivity index (χ0n) is 9.33. The molecule has 0 amide bonds. The average Bonchev–Trinajstić information content (AvgIpc) is 2.29. The molecule has 90 valence electrons. The third-order valence-electron chi connectivity index (χ3n) is 2.55. The van der Waals surface area contributed by atoms with Crippen molar-refractivity contribution in [2.45, 2.75) is 26.2 Å². The first-order valence-corrected chi connectivity index (χ1v) is 5.73. The smallest absolute Gasteiger partial charge is 0.357 e. The summed E-state index contributed by atoms with van der Waals surface area (Å²) in [6, 6.07) is 0. The van der Waals surface area contributed by atoms with E-state index in [1.54, 1.807) is 6.92 Å². The molecule has 1 heterocycles. The lowest BCUT2D eigenvalue weighted by Crippen LogP contribution is -2.21. The predicted octanol–water partition coefficient (Wildman–Crippen LogP) is 1.36. The lowest BCUT2D eigenvalue weighted by atomic mass is 9.94. The van der Waals surface area contributed by atoms with E-state index >= 15 is 0 Å². The number of ketones is 1. The summed E-state index contributed by atoms with van der Waals surface area (Å²) >= 11 is 5.75. The zero-order chi connectivity index (χ0) is 12.4. The van der Waals surface area contributed by atoms with Crippen LogP contribution in [-0.4, -0.2) is 28.3 Å². The molecule has 1 aliphatic rings. The Kier molecular flexibility index (Phi) is 3.38. The van der Waals surface area contributed by atoms with E-state index in [4.69, 9.17) is 16.3 Å². The van der Waals surface area contributed by atoms with Crippen molar-refractivity contribution in [1.82, 2.24) is 9.97 Å². The highest BCUT2D eigenvalue weighted by Gasteiger charge is 2.25. The van der Waals surface area contributed by atoms with Crippen LogP contribution < -0.4 is 0 Å². The quantitative estimate of drug-likeness (QED) is 0.589. The molecule has 5 nitrogen and oxygen atoms in total. The Labute approximate surface area is 103 Å². The Bertz CT molecular complexity index is 488. The third-order valence-corrected chi connectivity index (χ3v) is 2.72. The zero-order valence-corrected chi connectivity index (χ0v) is 10.1. The van der Waals surface area contributed by atoms with Gasteiger partial charge in [0.1, 0.15) is 5.78 Å². The van der Waals surface area contributed by atoms with Crippen molar-refractivity contribution >= 4 is 23.4 Å². The van der Waals surface area contributed by atoms with E-state index in [0.717, 1.165) is 0 Å². The minimum Gasteiger partial charge on any atom is -0.461 e. The van der Waals surface area contributed by atoms with E-state index in [9.17, 15) is 9.59 Å². The minimum atomic E-state index is -0.553. The molecule has 0 aliphatic heterocycles. The summed E-state index contributed by atoms with van der Waals surface area (Å²) in [4.78, 5) is 31.0. The minimum absolute atomic E-state index is 0.0150. The molecular weight excluding hydrogens is 244 g/mol. The van der Waals surface area contributed by atoms with Crippen LogP contribution in [0.4, 0.5) is 0 Å². The normalized spacial score (nSPS) is 14.4. The number of hydrogen-bond acceptors (Lipinski definition) is 5. The van der Waals surface area contributed by atoms with E-state index in [2.05, 4.69) is 9.97 Å². The first kappa shape index (κ1) is 12.0. The fraction of sp³-hybridized carbons (Fsp3) is 0.455. The van der Waals surface area contributed by atoms with Crippen LogP contribution in [-0.2, 0) is 22.4 Å². The Balaban J connectivity index is 2.47. The second-order valence-corrected chi connectivity index (χ2v) is 4.04. The number of ether oxygens (including phenoxy) is 1. The lowest BCUT2D eigenvalue weighted by Gasteiger charge is -2.16. The van der Waals surface area contributed by atoms with Crippen LogP contribution in [0.3, 0.4) is 0 Å². The maximum atomic E-state index is 11.7. The monoisotopic (exact) mass is 254 g/mol. The number of fused-ring (bicyclic) bond motifs is 1. The van der Waals surface area contributed by atoms with Gasteiger partial charge in [0, 0.05) is 18.4 Å². The second-order valence-electron chi connectivity index (χ2n) is 3.70. The number of carbonyl (C=O) groups excluding carboxylic acids is 2. The molecule has 0 radical (unpaired) electrons. The molecular formula is C11H11ClN2O3. The molecule has 0 fully saturated rings. The van der Waals surface area contributed by atoms with Crippen LogP contribution in [0, 0.1) is 0 Å². The van der Waals surface area contributed by atoms with Gasteiger partial charge >= 0.3 is 5.97 Å². The highest BCUT2D eigenvalue weighted by Crippen LogP contribution is 2.22. The average molecular weight is 255 g/mol. The fourth-order valence-electron chi connectivity index (χ4n) is 1.80. The van der Waals surface area contributed by atoms with Gasteiger partial charge in [-0.25, -0.2) is 14.8 Å². The summed E-state index contributed by atoms with van der Waals surface area (Å²) in [5.74, 6) is -0.475. The van der Waals surface area contributed by atoms with Crippen molar-refractivity contribution in [2.24, 2.45) is 0 Å². The van der Waals surface area contributed by atoms with Crippen LogP contribution in [0.5, 0.6) is 0 Å². The number of Topliss-reactive ketones (excluding diaryl/α,β-unsaturated/α-hetero) is 1. The van der Waals surface area contributed by atoms with E-state index < -0.39 is 5.97 Å². The van der Waals surface area contributed by atoms with E-state index in [1.165, 1.54) is 0 Å². The Hall–Kier alpha value is -1.49. The number of aryl methyl sites for hydroxylation is 1. The molecule has 1 aliphatic carbocycles. The Morgan fingerprint density at radius 1 is 1.41 bits per heavy atom. The second kappa shape index (κ2) is 4.79. The van der Waals surface area contributed by atoms with Gasteiger partial charge in [-0.2, -0.15) is 0 Å². The molecule has 1 aromatic heterocycles. The van der Waals surface area contributed by atoms with Gasteiger partial charge in [-0.3, -0.25) is 4.79 Å². The number of hydrogen-bond donors (Lipinski definition) is 0. The maximum absolute atomic E-state index is 11.7. The Morgan fingerprint density at radius 2 is 2.18 bits per heavy atom. The molecule has 0 spiro atoms. The summed E-state index contributed by atoms with van der Waals surface area (Å²) in [5.41, 5.74) is 1.35. The third kappa shape index (κ3) is 2.44. The van der Waals surface area contributed by atoms with Crippen LogP contribution in [0.1, 0.15) is 35.1 Å². The van der Waals surface area contributed by atoms with Crippen LogP contribution in [0.15, 0.2) is 0 Å². The molecule has 2 rings (SSSR count). The van der Waals surface area contributed by atoms with E-state index in [-0.39, 0.29) is 29.8 Å². The highest BCUT2D eigenvalue weighted by atomic mass is 35.5. The summed E-state index contributed by atoms with van der Waals surface area (Å²) in [6.07, 6.45) is 1.12.